The number of hydrogen-bond acceptors (Lipinski definition) is 3. The van der Waals surface area contributed by atoms with Crippen LogP contribution in [-0.4, -0.2) is 43.4 Å². The Kier molecular flexibility index (Phi) is 5.24. The third kappa shape index (κ3) is 3.93. The summed E-state index contributed by atoms with van der Waals surface area (Å²) in [5, 5.41) is 0.567. The summed E-state index contributed by atoms with van der Waals surface area (Å²) in [6, 6.07) is 14.8. The van der Waals surface area contributed by atoms with E-state index in [1.54, 1.807) is 18.3 Å². The Bertz CT molecular complexity index is 882. The molecule has 0 amide bonds. The van der Waals surface area contributed by atoms with Crippen LogP contribution in [-0.2, 0) is 23.2 Å². The highest BCUT2D eigenvalue weighted by molar-refractivity contribution is 7.86. The summed E-state index contributed by atoms with van der Waals surface area (Å²) >= 11 is 6.09. The number of fused-ring (bicyclic) bond motifs is 1. The molecule has 2 aromatic carbocycles. The van der Waals surface area contributed by atoms with Crippen molar-refractivity contribution in [3.8, 4) is 0 Å². The summed E-state index contributed by atoms with van der Waals surface area (Å²) < 4.78 is 28.5. The summed E-state index contributed by atoms with van der Waals surface area (Å²) in [6.45, 7) is 0.230. The van der Waals surface area contributed by atoms with Gasteiger partial charge in [0.25, 0.3) is 10.2 Å². The van der Waals surface area contributed by atoms with Crippen molar-refractivity contribution in [2.24, 2.45) is 4.99 Å². The topological polar surface area (TPSA) is 53.0 Å². The van der Waals surface area contributed by atoms with Crippen molar-refractivity contribution in [3.05, 3.63) is 64.7 Å². The van der Waals surface area contributed by atoms with E-state index in [9.17, 15) is 8.42 Å². The molecule has 2 aromatic rings. The van der Waals surface area contributed by atoms with E-state index < -0.39 is 10.2 Å². The second kappa shape index (κ2) is 7.25. The minimum Gasteiger partial charge on any atom is -0.259 e. The van der Waals surface area contributed by atoms with Crippen molar-refractivity contribution in [2.45, 2.75) is 19.0 Å². The van der Waals surface area contributed by atoms with Crippen molar-refractivity contribution in [1.82, 2.24) is 8.61 Å². The van der Waals surface area contributed by atoms with Crippen molar-refractivity contribution in [1.29, 1.82) is 0 Å². The first-order valence-electron chi connectivity index (χ1n) is 7.94. The molecule has 0 aliphatic carbocycles. The van der Waals surface area contributed by atoms with Crippen LogP contribution in [0.2, 0.25) is 5.02 Å². The third-order valence-electron chi connectivity index (χ3n) is 4.17. The summed E-state index contributed by atoms with van der Waals surface area (Å²) in [4.78, 5) is 4.52. The molecule has 25 heavy (non-hydrogen) atoms. The van der Waals surface area contributed by atoms with Crippen LogP contribution in [0.4, 0.5) is 5.69 Å². The lowest BCUT2D eigenvalue weighted by molar-refractivity contribution is 0.344. The van der Waals surface area contributed by atoms with E-state index in [2.05, 4.69) is 4.99 Å². The quantitative estimate of drug-likeness (QED) is 0.821. The Balaban J connectivity index is 2.03. The number of rotatable bonds is 4. The Hall–Kier alpha value is -1.73. The van der Waals surface area contributed by atoms with Gasteiger partial charge in [0, 0.05) is 31.9 Å². The number of benzene rings is 2. The Morgan fingerprint density at radius 3 is 2.60 bits per heavy atom. The first kappa shape index (κ1) is 18.1. The molecule has 7 heteroatoms. The number of hydrogen-bond donors (Lipinski definition) is 0. The molecule has 0 saturated heterocycles. The summed E-state index contributed by atoms with van der Waals surface area (Å²) in [5.74, 6) is 0. The smallest absolute Gasteiger partial charge is 0.259 e. The third-order valence-corrected chi connectivity index (χ3v) is 6.32. The summed E-state index contributed by atoms with van der Waals surface area (Å²) in [6.07, 6.45) is 2.27. The summed E-state index contributed by atoms with van der Waals surface area (Å²) in [7, 11) is -0.541. The zero-order valence-corrected chi connectivity index (χ0v) is 15.7. The van der Waals surface area contributed by atoms with Crippen LogP contribution < -0.4 is 0 Å². The van der Waals surface area contributed by atoms with Gasteiger partial charge >= 0.3 is 0 Å². The van der Waals surface area contributed by atoms with Gasteiger partial charge in [0.05, 0.1) is 11.7 Å². The molecular formula is C18H20ClN3O2S. The van der Waals surface area contributed by atoms with Gasteiger partial charge in [0.15, 0.2) is 0 Å². The molecular weight excluding hydrogens is 358 g/mol. The van der Waals surface area contributed by atoms with E-state index in [-0.39, 0.29) is 12.6 Å². The van der Waals surface area contributed by atoms with Gasteiger partial charge in [-0.05, 0) is 35.7 Å². The molecule has 1 aliphatic rings. The highest BCUT2D eigenvalue weighted by Gasteiger charge is 2.33. The molecule has 0 N–H and O–H groups in total. The van der Waals surface area contributed by atoms with Crippen molar-refractivity contribution < 1.29 is 8.42 Å². The lowest BCUT2D eigenvalue weighted by Crippen LogP contribution is -2.46. The monoisotopic (exact) mass is 377 g/mol. The standard InChI is InChI=1S/C18H20ClN3O2S/c1-21(2)25(23,24)22-13-15-11-16(19)8-9-18(15)20-12-17(22)10-14-6-4-3-5-7-14/h3-9,11-12,17H,10,13H2,1-2H3. The van der Waals surface area contributed by atoms with E-state index in [4.69, 9.17) is 11.6 Å². The maximum Gasteiger partial charge on any atom is 0.282 e. The van der Waals surface area contributed by atoms with E-state index >= 15 is 0 Å². The van der Waals surface area contributed by atoms with Gasteiger partial charge in [-0.25, -0.2) is 0 Å². The lowest BCUT2D eigenvalue weighted by atomic mass is 10.1. The fourth-order valence-electron chi connectivity index (χ4n) is 2.81. The van der Waals surface area contributed by atoms with Gasteiger partial charge in [0.1, 0.15) is 0 Å². The lowest BCUT2D eigenvalue weighted by Gasteiger charge is -2.30. The maximum atomic E-state index is 12.9. The van der Waals surface area contributed by atoms with Crippen molar-refractivity contribution in [3.63, 3.8) is 0 Å². The largest absolute Gasteiger partial charge is 0.282 e. The highest BCUT2D eigenvalue weighted by Crippen LogP contribution is 2.30. The first-order chi connectivity index (χ1) is 11.9. The Labute approximate surface area is 153 Å². The van der Waals surface area contributed by atoms with E-state index in [1.807, 2.05) is 36.4 Å². The molecule has 3 rings (SSSR count). The van der Waals surface area contributed by atoms with Gasteiger partial charge < -0.3 is 0 Å². The number of halogens is 1. The molecule has 1 heterocycles. The second-order valence-electron chi connectivity index (χ2n) is 6.14. The molecule has 132 valence electrons. The van der Waals surface area contributed by atoms with Gasteiger partial charge in [-0.15, -0.1) is 0 Å². The van der Waals surface area contributed by atoms with Crippen LogP contribution in [0.15, 0.2) is 53.5 Å². The zero-order valence-electron chi connectivity index (χ0n) is 14.1. The Morgan fingerprint density at radius 2 is 1.92 bits per heavy atom. The van der Waals surface area contributed by atoms with Crippen LogP contribution in [0.1, 0.15) is 11.1 Å². The van der Waals surface area contributed by atoms with Gasteiger partial charge in [-0.2, -0.15) is 17.0 Å². The molecule has 0 radical (unpaired) electrons. The predicted octanol–water partition coefficient (Wildman–Crippen LogP) is 3.28. The first-order valence-corrected chi connectivity index (χ1v) is 9.71. The van der Waals surface area contributed by atoms with E-state index in [0.29, 0.717) is 11.4 Å². The molecule has 0 aromatic heterocycles. The molecule has 0 spiro atoms. The highest BCUT2D eigenvalue weighted by atomic mass is 35.5. The van der Waals surface area contributed by atoms with E-state index in [0.717, 1.165) is 16.8 Å². The minimum atomic E-state index is -3.62. The molecule has 0 saturated carbocycles. The fraction of sp³-hybridized carbons (Fsp3) is 0.278. The van der Waals surface area contributed by atoms with E-state index in [1.165, 1.54) is 22.7 Å². The van der Waals surface area contributed by atoms with Gasteiger partial charge in [0.2, 0.25) is 0 Å². The van der Waals surface area contributed by atoms with Crippen LogP contribution in [0.5, 0.6) is 0 Å². The van der Waals surface area contributed by atoms with Gasteiger partial charge in [-0.1, -0.05) is 41.9 Å². The molecule has 0 fully saturated rings. The maximum absolute atomic E-state index is 12.9. The van der Waals surface area contributed by atoms with Crippen LogP contribution in [0, 0.1) is 0 Å². The predicted molar refractivity (Wildman–Crippen MR) is 102 cm³/mol. The van der Waals surface area contributed by atoms with Crippen molar-refractivity contribution >= 4 is 33.7 Å². The SMILES string of the molecule is CN(C)S(=O)(=O)N1Cc2cc(Cl)ccc2N=CC1Cc1ccccc1. The molecule has 5 nitrogen and oxygen atoms in total. The number of nitrogens with zero attached hydrogens (tertiary/aromatic N) is 3. The van der Waals surface area contributed by atoms with Crippen LogP contribution >= 0.6 is 11.6 Å². The Morgan fingerprint density at radius 1 is 1.20 bits per heavy atom. The molecule has 0 bridgehead atoms. The minimum absolute atomic E-state index is 0.230. The molecule has 1 atom stereocenters. The molecule has 1 aliphatic heterocycles. The average molecular weight is 378 g/mol. The molecule has 1 unspecified atom stereocenters. The van der Waals surface area contributed by atoms with Crippen LogP contribution in [0.3, 0.4) is 0 Å². The summed E-state index contributed by atoms with van der Waals surface area (Å²) in [5.41, 5.74) is 2.60. The van der Waals surface area contributed by atoms with Gasteiger partial charge in [-0.3, -0.25) is 4.99 Å². The fourth-order valence-corrected chi connectivity index (χ4v) is 4.19. The second-order valence-corrected chi connectivity index (χ2v) is 8.68. The zero-order chi connectivity index (χ0) is 18.0. The normalized spacial score (nSPS) is 18.2. The van der Waals surface area contributed by atoms with Crippen molar-refractivity contribution in [2.75, 3.05) is 14.1 Å². The average Bonchev–Trinajstić information content (AvgIpc) is 2.75. The van der Waals surface area contributed by atoms with Crippen LogP contribution in [0.25, 0.3) is 0 Å². The number of aliphatic imine (C=N–C) groups is 1.